The Bertz CT molecular complexity index is 713. The van der Waals surface area contributed by atoms with E-state index in [1.54, 1.807) is 6.92 Å². The molecule has 5 unspecified atom stereocenters. The Morgan fingerprint density at radius 1 is 0.842 bits per heavy atom. The molecule has 0 saturated carbocycles. The third-order valence-electron chi connectivity index (χ3n) is 7.09. The van der Waals surface area contributed by atoms with Crippen LogP contribution in [0.3, 0.4) is 0 Å². The van der Waals surface area contributed by atoms with Crippen molar-refractivity contribution < 1.29 is 24.6 Å². The topological polar surface area (TPSA) is 116 Å². The van der Waals surface area contributed by atoms with E-state index in [4.69, 9.17) is 0 Å². The van der Waals surface area contributed by atoms with Gasteiger partial charge in [0.25, 0.3) is 0 Å². The minimum Gasteiger partial charge on any atom is -0.480 e. The van der Waals surface area contributed by atoms with Crippen molar-refractivity contribution in [1.29, 1.82) is 0 Å². The summed E-state index contributed by atoms with van der Waals surface area (Å²) in [6, 6.07) is -2.05. The quantitative estimate of drug-likeness (QED) is 0.0988. The van der Waals surface area contributed by atoms with E-state index in [0.29, 0.717) is 5.75 Å². The zero-order valence-corrected chi connectivity index (χ0v) is 25.9. The number of hydrogen-bond acceptors (Lipinski definition) is 5. The van der Waals surface area contributed by atoms with E-state index in [1.165, 1.54) is 75.6 Å². The van der Waals surface area contributed by atoms with Crippen molar-refractivity contribution in [3.8, 4) is 0 Å². The molecule has 0 aliphatic rings. The van der Waals surface area contributed by atoms with Crippen molar-refractivity contribution >= 4 is 29.5 Å². The summed E-state index contributed by atoms with van der Waals surface area (Å²) >= 11 is 1.45. The second kappa shape index (κ2) is 21.3. The molecule has 0 spiro atoms. The van der Waals surface area contributed by atoms with Gasteiger partial charge < -0.3 is 20.8 Å². The van der Waals surface area contributed by atoms with Crippen molar-refractivity contribution in [2.24, 2.45) is 23.7 Å². The molecule has 0 heterocycles. The van der Waals surface area contributed by atoms with Crippen molar-refractivity contribution in [3.63, 3.8) is 0 Å². The molecule has 0 aromatic rings. The summed E-state index contributed by atoms with van der Waals surface area (Å²) in [5.74, 6) is 0.622. The van der Waals surface area contributed by atoms with Gasteiger partial charge in [0.05, 0.1) is 0 Å². The van der Waals surface area contributed by atoms with E-state index in [-0.39, 0.29) is 12.4 Å². The lowest BCUT2D eigenvalue weighted by molar-refractivity contribution is -0.141. The highest BCUT2D eigenvalue weighted by Gasteiger charge is 2.29. The largest absolute Gasteiger partial charge is 0.480 e. The van der Waals surface area contributed by atoms with Gasteiger partial charge >= 0.3 is 5.97 Å². The van der Waals surface area contributed by atoms with Gasteiger partial charge in [-0.3, -0.25) is 9.59 Å². The number of carbonyl (C=O) groups is 3. The number of amides is 2. The summed E-state index contributed by atoms with van der Waals surface area (Å²) in [7, 11) is 0. The third kappa shape index (κ3) is 18.7. The minimum absolute atomic E-state index is 0.220. The molecular formula is C30H56N2O5S. The first-order valence-corrected chi connectivity index (χ1v) is 15.7. The second-order valence-corrected chi connectivity index (χ2v) is 12.8. The number of thioether (sulfide) groups is 1. The lowest BCUT2D eigenvalue weighted by Gasteiger charge is -2.24. The first-order chi connectivity index (χ1) is 17.9. The molecule has 7 nitrogen and oxygen atoms in total. The number of hydrogen-bond donors (Lipinski definition) is 4. The fraction of sp³-hybridized carbons (Fsp3) is 0.833. The molecule has 0 aliphatic carbocycles. The number of carboxylic acids is 1. The number of rotatable bonds is 22. The van der Waals surface area contributed by atoms with Crippen molar-refractivity contribution in [2.75, 3.05) is 18.1 Å². The highest BCUT2D eigenvalue weighted by atomic mass is 32.2. The maximum Gasteiger partial charge on any atom is 0.327 e. The van der Waals surface area contributed by atoms with Gasteiger partial charge in [0.1, 0.15) is 12.1 Å². The van der Waals surface area contributed by atoms with Crippen LogP contribution in [0, 0.1) is 23.7 Å². The molecule has 0 aromatic heterocycles. The molecule has 5 atom stereocenters. The van der Waals surface area contributed by atoms with Crippen LogP contribution in [-0.2, 0) is 14.4 Å². The number of carbonyl (C=O) groups excluding carboxylic acids is 2. The molecule has 2 amide bonds. The van der Waals surface area contributed by atoms with Crippen LogP contribution in [0.15, 0.2) is 11.6 Å². The average molecular weight is 557 g/mol. The summed E-state index contributed by atoms with van der Waals surface area (Å²) in [6.45, 7) is 14.1. The van der Waals surface area contributed by atoms with E-state index in [9.17, 15) is 24.6 Å². The summed E-state index contributed by atoms with van der Waals surface area (Å²) in [5, 5.41) is 23.9. The Morgan fingerprint density at radius 3 is 1.89 bits per heavy atom. The highest BCUT2D eigenvalue weighted by Crippen LogP contribution is 2.22. The van der Waals surface area contributed by atoms with Crippen molar-refractivity contribution in [3.05, 3.63) is 11.6 Å². The third-order valence-corrected chi connectivity index (χ3v) is 8.06. The number of aliphatic hydroxyl groups is 1. The van der Waals surface area contributed by atoms with Crippen molar-refractivity contribution in [1.82, 2.24) is 10.6 Å². The van der Waals surface area contributed by atoms with Gasteiger partial charge in [-0.25, -0.2) is 4.79 Å². The summed E-state index contributed by atoms with van der Waals surface area (Å²) < 4.78 is 0. The van der Waals surface area contributed by atoms with Gasteiger partial charge in [0.15, 0.2) is 0 Å². The Balaban J connectivity index is 4.30. The summed E-state index contributed by atoms with van der Waals surface area (Å²) in [4.78, 5) is 35.6. The Labute approximate surface area is 236 Å². The van der Waals surface area contributed by atoms with E-state index < -0.39 is 35.8 Å². The normalized spacial score (nSPS) is 16.0. The van der Waals surface area contributed by atoms with Gasteiger partial charge in [-0.15, -0.1) is 0 Å². The molecule has 4 N–H and O–H groups in total. The maximum absolute atomic E-state index is 12.5. The Kier molecular flexibility index (Phi) is 20.4. The van der Waals surface area contributed by atoms with Crippen LogP contribution in [-0.4, -0.2) is 58.2 Å². The van der Waals surface area contributed by atoms with Gasteiger partial charge in [-0.05, 0) is 37.5 Å². The summed E-state index contributed by atoms with van der Waals surface area (Å²) in [6.07, 6.45) is 13.6. The predicted molar refractivity (Wildman–Crippen MR) is 159 cm³/mol. The van der Waals surface area contributed by atoms with Crippen molar-refractivity contribution in [2.45, 2.75) is 118 Å². The molecule has 8 heteroatoms. The first-order valence-electron chi connectivity index (χ1n) is 14.5. The fourth-order valence-electron chi connectivity index (χ4n) is 4.42. The van der Waals surface area contributed by atoms with Gasteiger partial charge in [-0.2, -0.15) is 11.8 Å². The monoisotopic (exact) mass is 556 g/mol. The van der Waals surface area contributed by atoms with Gasteiger partial charge in [0.2, 0.25) is 11.8 Å². The molecule has 0 aromatic carbocycles. The van der Waals surface area contributed by atoms with E-state index in [2.05, 4.69) is 51.3 Å². The van der Waals surface area contributed by atoms with E-state index >= 15 is 0 Å². The zero-order chi connectivity index (χ0) is 29.1. The Hall–Kier alpha value is -1.54. The Morgan fingerprint density at radius 2 is 1.39 bits per heavy atom. The number of aliphatic carboxylic acids is 1. The lowest BCUT2D eigenvalue weighted by atomic mass is 9.91. The number of nitrogens with one attached hydrogen (secondary N) is 2. The van der Waals surface area contributed by atoms with Crippen LogP contribution in [0.1, 0.15) is 106 Å². The highest BCUT2D eigenvalue weighted by molar-refractivity contribution is 7.99. The molecular weight excluding hydrogens is 500 g/mol. The van der Waals surface area contributed by atoms with Crippen LogP contribution in [0.25, 0.3) is 0 Å². The molecule has 38 heavy (non-hydrogen) atoms. The molecule has 0 radical (unpaired) electrons. The standard InChI is InChI=1S/C30H56N2O5S/c1-21(2)11-8-12-22(3)13-9-14-23(4)15-10-16-24(5)17-18-38-20-27(30(36)37)32-29(35)28(25(6)19-33)31-26(7)34/h17,21-23,25,27-28,33H,8-16,18-20H2,1-7H3,(H,31,34)(H,32,35)(H,36,37)/b24-17+. The van der Waals surface area contributed by atoms with Crippen LogP contribution >= 0.6 is 11.8 Å². The van der Waals surface area contributed by atoms with E-state index in [0.717, 1.165) is 24.2 Å². The van der Waals surface area contributed by atoms with E-state index in [1.807, 2.05) is 0 Å². The SMILES string of the molecule is CC(=O)NC(C(=O)NC(CSC/C=C(\C)CCCC(C)CCCC(C)CCCC(C)C)C(=O)O)C(C)CO. The first kappa shape index (κ1) is 36.5. The second-order valence-electron chi connectivity index (χ2n) is 11.7. The van der Waals surface area contributed by atoms with Crippen LogP contribution < -0.4 is 10.6 Å². The van der Waals surface area contributed by atoms with Gasteiger partial charge in [0, 0.05) is 31.0 Å². The average Bonchev–Trinajstić information content (AvgIpc) is 2.83. The summed E-state index contributed by atoms with van der Waals surface area (Å²) in [5.41, 5.74) is 1.31. The molecule has 0 aliphatic heterocycles. The number of aliphatic hydroxyl groups excluding tert-OH is 1. The van der Waals surface area contributed by atoms with Crippen LogP contribution in [0.5, 0.6) is 0 Å². The molecule has 0 fully saturated rings. The molecule has 222 valence electrons. The molecule has 0 bridgehead atoms. The fourth-order valence-corrected chi connectivity index (χ4v) is 5.42. The maximum atomic E-state index is 12.5. The number of allylic oxidation sites excluding steroid dienone is 1. The van der Waals surface area contributed by atoms with Crippen LogP contribution in [0.4, 0.5) is 0 Å². The van der Waals surface area contributed by atoms with Crippen LogP contribution in [0.2, 0.25) is 0 Å². The number of carboxylic acid groups (broad SMARTS) is 1. The van der Waals surface area contributed by atoms with Gasteiger partial charge in [-0.1, -0.05) is 91.2 Å². The molecule has 0 rings (SSSR count). The smallest absolute Gasteiger partial charge is 0.327 e. The lowest BCUT2D eigenvalue weighted by Crippen LogP contribution is -2.55. The zero-order valence-electron chi connectivity index (χ0n) is 25.1. The predicted octanol–water partition coefficient (Wildman–Crippen LogP) is 5.81. The molecule has 0 saturated heterocycles. The minimum atomic E-state index is -1.12.